The van der Waals surface area contributed by atoms with E-state index in [2.05, 4.69) is 52.4 Å². The van der Waals surface area contributed by atoms with Gasteiger partial charge in [0, 0.05) is 44.0 Å². The summed E-state index contributed by atoms with van der Waals surface area (Å²) in [6, 6.07) is 10.6. The van der Waals surface area contributed by atoms with E-state index in [-0.39, 0.29) is 24.4 Å². The van der Waals surface area contributed by atoms with E-state index in [1.807, 2.05) is 32.0 Å². The van der Waals surface area contributed by atoms with Crippen LogP contribution in [-0.2, 0) is 0 Å². The number of para-hydroxylation sites is 1. The Balaban J connectivity index is 1.42. The van der Waals surface area contributed by atoms with Crippen molar-refractivity contribution in [2.75, 3.05) is 48.3 Å². The number of urea groups is 1. The summed E-state index contributed by atoms with van der Waals surface area (Å²) >= 11 is 0. The summed E-state index contributed by atoms with van der Waals surface area (Å²) < 4.78 is 0. The van der Waals surface area contributed by atoms with Crippen molar-refractivity contribution in [2.45, 2.75) is 26.3 Å². The van der Waals surface area contributed by atoms with Crippen molar-refractivity contribution in [3.63, 3.8) is 0 Å². The standard InChI is InChI=1S/C26H31N9O2/c1-18(2)30-26(37)29-11-5-9-23-28-12-10-24(31-23)35-14-6-13-34(15-16-35)21-17-20(32-33-25(21)27)19-7-3-4-8-22(19)36/h3-4,7-8,10,12,17-18,36H,6,11,13-16H2,1-2H3,(H2,27,33)(H2,29,30,37). The van der Waals surface area contributed by atoms with Gasteiger partial charge < -0.3 is 31.3 Å². The molecule has 192 valence electrons. The molecule has 0 radical (unpaired) electrons. The summed E-state index contributed by atoms with van der Waals surface area (Å²) in [5.74, 6) is 7.49. The van der Waals surface area contributed by atoms with Gasteiger partial charge in [0.2, 0.25) is 5.82 Å². The first-order chi connectivity index (χ1) is 17.9. The van der Waals surface area contributed by atoms with Gasteiger partial charge in [-0.15, -0.1) is 10.2 Å². The summed E-state index contributed by atoms with van der Waals surface area (Å²) in [5, 5.41) is 24.0. The molecule has 3 aromatic rings. The fourth-order valence-electron chi connectivity index (χ4n) is 4.00. The Morgan fingerprint density at radius 1 is 1.14 bits per heavy atom. The van der Waals surface area contributed by atoms with Crippen LogP contribution in [0.15, 0.2) is 42.6 Å². The Morgan fingerprint density at radius 3 is 2.73 bits per heavy atom. The number of anilines is 3. The average molecular weight is 502 g/mol. The number of nitrogens with one attached hydrogen (secondary N) is 2. The number of phenolic OH excluding ortho intramolecular Hbond substituents is 1. The van der Waals surface area contributed by atoms with Gasteiger partial charge in [0.15, 0.2) is 5.82 Å². The molecule has 1 fully saturated rings. The lowest BCUT2D eigenvalue weighted by atomic mass is 10.1. The van der Waals surface area contributed by atoms with Gasteiger partial charge in [-0.1, -0.05) is 18.1 Å². The van der Waals surface area contributed by atoms with E-state index in [0.717, 1.165) is 31.0 Å². The number of nitrogen functional groups attached to an aromatic ring is 1. The molecule has 0 spiro atoms. The Morgan fingerprint density at radius 2 is 1.92 bits per heavy atom. The first-order valence-corrected chi connectivity index (χ1v) is 12.2. The topological polar surface area (TPSA) is 145 Å². The lowest BCUT2D eigenvalue weighted by molar-refractivity contribution is 0.239. The Hall–Kier alpha value is -4.59. The lowest BCUT2D eigenvalue weighted by Crippen LogP contribution is -2.39. The number of nitrogens with two attached hydrogens (primary N) is 1. The maximum atomic E-state index is 11.7. The highest BCUT2D eigenvalue weighted by atomic mass is 16.3. The van der Waals surface area contributed by atoms with Crippen molar-refractivity contribution < 1.29 is 9.90 Å². The Labute approximate surface area is 216 Å². The molecule has 1 aromatic carbocycles. The second-order valence-electron chi connectivity index (χ2n) is 8.87. The second-order valence-corrected chi connectivity index (χ2v) is 8.87. The third kappa shape index (κ3) is 6.76. The second kappa shape index (κ2) is 11.9. The minimum absolute atomic E-state index is 0.0584. The van der Waals surface area contributed by atoms with Crippen LogP contribution in [0.2, 0.25) is 0 Å². The van der Waals surface area contributed by atoms with Crippen molar-refractivity contribution in [3.05, 3.63) is 48.4 Å². The molecular weight excluding hydrogens is 470 g/mol. The minimum atomic E-state index is -0.259. The number of nitrogens with zero attached hydrogens (tertiary/aromatic N) is 6. The summed E-state index contributed by atoms with van der Waals surface area (Å²) in [7, 11) is 0. The van der Waals surface area contributed by atoms with Crippen LogP contribution >= 0.6 is 0 Å². The van der Waals surface area contributed by atoms with Crippen molar-refractivity contribution >= 4 is 23.4 Å². The molecule has 1 saturated heterocycles. The molecule has 0 aliphatic carbocycles. The molecule has 0 atom stereocenters. The largest absolute Gasteiger partial charge is 0.507 e. The number of carbonyl (C=O) groups is 1. The van der Waals surface area contributed by atoms with Gasteiger partial charge in [0.25, 0.3) is 0 Å². The highest BCUT2D eigenvalue weighted by Gasteiger charge is 2.20. The highest BCUT2D eigenvalue weighted by Crippen LogP contribution is 2.31. The number of rotatable bonds is 5. The number of carbonyl (C=O) groups excluding carboxylic acids is 1. The van der Waals surface area contributed by atoms with E-state index >= 15 is 0 Å². The fraction of sp³-hybridized carbons (Fsp3) is 0.346. The molecule has 1 aliphatic heterocycles. The van der Waals surface area contributed by atoms with E-state index in [0.29, 0.717) is 36.0 Å². The van der Waals surface area contributed by atoms with E-state index in [1.165, 1.54) is 0 Å². The maximum absolute atomic E-state index is 11.7. The van der Waals surface area contributed by atoms with Gasteiger partial charge in [0.1, 0.15) is 11.6 Å². The van der Waals surface area contributed by atoms with Gasteiger partial charge in [-0.2, -0.15) is 0 Å². The molecule has 0 saturated carbocycles. The van der Waals surface area contributed by atoms with Crippen LogP contribution in [0.3, 0.4) is 0 Å². The van der Waals surface area contributed by atoms with Gasteiger partial charge in [0.05, 0.1) is 17.9 Å². The van der Waals surface area contributed by atoms with Crippen LogP contribution in [0.5, 0.6) is 5.75 Å². The van der Waals surface area contributed by atoms with Crippen LogP contribution in [0.1, 0.15) is 26.1 Å². The first-order valence-electron chi connectivity index (χ1n) is 12.2. The number of hydrogen-bond acceptors (Lipinski definition) is 9. The number of aromatic hydroxyl groups is 1. The zero-order valence-electron chi connectivity index (χ0n) is 21.0. The zero-order valence-corrected chi connectivity index (χ0v) is 21.0. The third-order valence-electron chi connectivity index (χ3n) is 5.74. The Kier molecular flexibility index (Phi) is 8.20. The smallest absolute Gasteiger partial charge is 0.315 e. The lowest BCUT2D eigenvalue weighted by Gasteiger charge is -2.25. The van der Waals surface area contributed by atoms with E-state index in [9.17, 15) is 9.90 Å². The summed E-state index contributed by atoms with van der Waals surface area (Å²) in [5.41, 5.74) is 8.16. The van der Waals surface area contributed by atoms with Crippen LogP contribution < -0.4 is 26.2 Å². The van der Waals surface area contributed by atoms with Crippen LogP contribution in [0.25, 0.3) is 11.3 Å². The molecule has 3 heterocycles. The number of phenols is 1. The number of amides is 2. The van der Waals surface area contributed by atoms with Gasteiger partial charge in [-0.3, -0.25) is 0 Å². The molecule has 11 nitrogen and oxygen atoms in total. The highest BCUT2D eigenvalue weighted by molar-refractivity contribution is 5.75. The number of benzene rings is 1. The summed E-state index contributed by atoms with van der Waals surface area (Å²) in [6.07, 6.45) is 2.57. The summed E-state index contributed by atoms with van der Waals surface area (Å²) in [6.45, 7) is 7.00. The van der Waals surface area contributed by atoms with E-state index < -0.39 is 0 Å². The normalized spacial score (nSPS) is 13.5. The van der Waals surface area contributed by atoms with Gasteiger partial charge in [-0.05, 0) is 50.5 Å². The quantitative estimate of drug-likeness (QED) is 0.386. The summed E-state index contributed by atoms with van der Waals surface area (Å²) in [4.78, 5) is 24.9. The van der Waals surface area contributed by atoms with Gasteiger partial charge >= 0.3 is 6.03 Å². The average Bonchev–Trinajstić information content (AvgIpc) is 3.14. The molecule has 4 rings (SSSR count). The first kappa shape index (κ1) is 25.5. The third-order valence-corrected chi connectivity index (χ3v) is 5.74. The van der Waals surface area contributed by atoms with Crippen LogP contribution in [0.4, 0.5) is 22.1 Å². The molecule has 2 aromatic heterocycles. The van der Waals surface area contributed by atoms with Crippen LogP contribution in [-0.4, -0.2) is 70.1 Å². The SMILES string of the molecule is CC(C)NC(=O)NCC#Cc1nccc(N2CCCN(c3cc(-c4ccccc4O)nnc3N)CC2)n1. The minimum Gasteiger partial charge on any atom is -0.507 e. The number of aromatic nitrogens is 4. The molecule has 1 aliphatic rings. The molecule has 2 amide bonds. The molecule has 5 N–H and O–H groups in total. The van der Waals surface area contributed by atoms with Gasteiger partial charge in [-0.25, -0.2) is 14.8 Å². The van der Waals surface area contributed by atoms with E-state index in [1.54, 1.807) is 24.4 Å². The molecular formula is C26H31N9O2. The maximum Gasteiger partial charge on any atom is 0.315 e. The molecule has 0 bridgehead atoms. The van der Waals surface area contributed by atoms with Crippen molar-refractivity contribution in [1.82, 2.24) is 30.8 Å². The molecule has 11 heteroatoms. The fourth-order valence-corrected chi connectivity index (χ4v) is 4.00. The predicted octanol–water partition coefficient (Wildman–Crippen LogP) is 2.00. The van der Waals surface area contributed by atoms with Crippen molar-refractivity contribution in [3.8, 4) is 28.8 Å². The van der Waals surface area contributed by atoms with Crippen molar-refractivity contribution in [2.24, 2.45) is 0 Å². The monoisotopic (exact) mass is 501 g/mol. The number of hydrogen-bond donors (Lipinski definition) is 4. The molecule has 37 heavy (non-hydrogen) atoms. The Bertz CT molecular complexity index is 1300. The van der Waals surface area contributed by atoms with Crippen molar-refractivity contribution in [1.29, 1.82) is 0 Å². The zero-order chi connectivity index (χ0) is 26.2. The predicted molar refractivity (Wildman–Crippen MR) is 143 cm³/mol. The molecule has 0 unspecified atom stereocenters. The van der Waals surface area contributed by atoms with E-state index in [4.69, 9.17) is 5.73 Å². The van der Waals surface area contributed by atoms with Crippen LogP contribution in [0, 0.1) is 11.8 Å².